The van der Waals surface area contributed by atoms with Crippen molar-refractivity contribution in [3.8, 4) is 0 Å². The summed E-state index contributed by atoms with van der Waals surface area (Å²) in [6.45, 7) is 3.06. The molecule has 124 valence electrons. The van der Waals surface area contributed by atoms with E-state index in [0.29, 0.717) is 18.9 Å². The number of carbonyl (C=O) groups excluding carboxylic acids is 1. The number of fused-ring (bicyclic) bond motifs is 2. The monoisotopic (exact) mass is 308 g/mol. The summed E-state index contributed by atoms with van der Waals surface area (Å²) in [6.07, 6.45) is 7.88. The summed E-state index contributed by atoms with van der Waals surface area (Å²) in [5.41, 5.74) is 0. The zero-order valence-electron chi connectivity index (χ0n) is 13.5. The molecule has 2 N–H and O–H groups in total. The molecule has 0 aromatic rings. The number of piperidine rings is 1. The molecule has 2 saturated carbocycles. The van der Waals surface area contributed by atoms with Crippen LogP contribution in [0.1, 0.15) is 51.9 Å². The number of hydrogen-bond acceptors (Lipinski definition) is 3. The number of carbonyl (C=O) groups is 2. The molecule has 1 heterocycles. The summed E-state index contributed by atoms with van der Waals surface area (Å²) < 4.78 is 0. The minimum absolute atomic E-state index is 0.0107. The molecule has 2 aliphatic carbocycles. The summed E-state index contributed by atoms with van der Waals surface area (Å²) >= 11 is 0. The Morgan fingerprint density at radius 3 is 2.68 bits per heavy atom. The van der Waals surface area contributed by atoms with Crippen LogP contribution in [0.4, 0.5) is 0 Å². The van der Waals surface area contributed by atoms with E-state index >= 15 is 0 Å². The molecule has 3 rings (SSSR count). The fourth-order valence-electron chi connectivity index (χ4n) is 4.96. The van der Waals surface area contributed by atoms with Gasteiger partial charge in [0.25, 0.3) is 0 Å². The molecule has 1 aliphatic heterocycles. The second-order valence-corrected chi connectivity index (χ2v) is 7.52. The molecule has 3 fully saturated rings. The minimum atomic E-state index is -0.798. The lowest BCUT2D eigenvalue weighted by Crippen LogP contribution is -2.51. The predicted octanol–water partition coefficient (Wildman–Crippen LogP) is 1.87. The first-order valence-corrected chi connectivity index (χ1v) is 8.81. The van der Waals surface area contributed by atoms with Gasteiger partial charge in [0.1, 0.15) is 6.04 Å². The zero-order valence-corrected chi connectivity index (χ0v) is 13.5. The molecule has 1 saturated heterocycles. The van der Waals surface area contributed by atoms with E-state index in [-0.39, 0.29) is 18.5 Å². The molecule has 2 bridgehead atoms. The Hall–Kier alpha value is -1.10. The van der Waals surface area contributed by atoms with Gasteiger partial charge in [-0.05, 0) is 63.3 Å². The van der Waals surface area contributed by atoms with Gasteiger partial charge in [0.2, 0.25) is 5.91 Å². The molecule has 0 spiro atoms. The van der Waals surface area contributed by atoms with Crippen LogP contribution in [0.15, 0.2) is 0 Å². The van der Waals surface area contributed by atoms with Gasteiger partial charge in [-0.25, -0.2) is 0 Å². The van der Waals surface area contributed by atoms with Crippen LogP contribution in [0.2, 0.25) is 0 Å². The number of hydrogen-bond donors (Lipinski definition) is 2. The van der Waals surface area contributed by atoms with Crippen LogP contribution >= 0.6 is 0 Å². The van der Waals surface area contributed by atoms with Gasteiger partial charge in [0.05, 0.1) is 6.54 Å². The largest absolute Gasteiger partial charge is 0.480 e. The van der Waals surface area contributed by atoms with E-state index in [1.54, 1.807) is 0 Å². The first kappa shape index (κ1) is 15.8. The highest BCUT2D eigenvalue weighted by Gasteiger charge is 2.42. The van der Waals surface area contributed by atoms with E-state index < -0.39 is 12.0 Å². The van der Waals surface area contributed by atoms with Crippen molar-refractivity contribution in [2.24, 2.45) is 17.8 Å². The molecular formula is C17H28N2O3. The van der Waals surface area contributed by atoms with Gasteiger partial charge in [0, 0.05) is 6.04 Å². The summed E-state index contributed by atoms with van der Waals surface area (Å²) in [6, 6.07) is -0.270. The van der Waals surface area contributed by atoms with Crippen LogP contribution in [-0.2, 0) is 9.59 Å². The molecule has 0 aromatic carbocycles. The first-order valence-electron chi connectivity index (χ1n) is 8.81. The van der Waals surface area contributed by atoms with Gasteiger partial charge in [-0.15, -0.1) is 0 Å². The number of likely N-dealkylation sites (tertiary alicyclic amines) is 1. The Balaban J connectivity index is 1.50. The third-order valence-corrected chi connectivity index (χ3v) is 6.07. The van der Waals surface area contributed by atoms with Gasteiger partial charge < -0.3 is 10.4 Å². The molecule has 5 unspecified atom stereocenters. The molecule has 3 aliphatic rings. The number of nitrogens with one attached hydrogen (secondary N) is 1. The number of carboxylic acid groups (broad SMARTS) is 1. The zero-order chi connectivity index (χ0) is 15.7. The molecule has 5 atom stereocenters. The predicted molar refractivity (Wildman–Crippen MR) is 83.4 cm³/mol. The fourth-order valence-corrected chi connectivity index (χ4v) is 4.96. The maximum atomic E-state index is 12.3. The average molecular weight is 308 g/mol. The van der Waals surface area contributed by atoms with Crippen molar-refractivity contribution < 1.29 is 14.7 Å². The van der Waals surface area contributed by atoms with Crippen LogP contribution in [0, 0.1) is 17.8 Å². The Bertz CT molecular complexity index is 440. The van der Waals surface area contributed by atoms with E-state index in [0.717, 1.165) is 24.7 Å². The van der Waals surface area contributed by atoms with Crippen LogP contribution in [0.3, 0.4) is 0 Å². The minimum Gasteiger partial charge on any atom is -0.480 e. The summed E-state index contributed by atoms with van der Waals surface area (Å²) in [7, 11) is 0. The molecule has 0 radical (unpaired) electrons. The van der Waals surface area contributed by atoms with Crippen LogP contribution in [0.25, 0.3) is 0 Å². The first-order chi connectivity index (χ1) is 10.5. The third kappa shape index (κ3) is 3.29. The molecule has 5 heteroatoms. The van der Waals surface area contributed by atoms with Crippen molar-refractivity contribution in [3.05, 3.63) is 0 Å². The van der Waals surface area contributed by atoms with Crippen LogP contribution in [-0.4, -0.2) is 47.1 Å². The quantitative estimate of drug-likeness (QED) is 0.813. The Kier molecular flexibility index (Phi) is 4.71. The van der Waals surface area contributed by atoms with Crippen LogP contribution in [0.5, 0.6) is 0 Å². The number of nitrogens with zero attached hydrogens (tertiary/aromatic N) is 1. The molecule has 1 amide bonds. The van der Waals surface area contributed by atoms with Crippen molar-refractivity contribution >= 4 is 11.9 Å². The van der Waals surface area contributed by atoms with Crippen molar-refractivity contribution in [1.82, 2.24) is 10.2 Å². The Morgan fingerprint density at radius 2 is 2.05 bits per heavy atom. The van der Waals surface area contributed by atoms with Gasteiger partial charge >= 0.3 is 5.97 Å². The van der Waals surface area contributed by atoms with Crippen LogP contribution < -0.4 is 5.32 Å². The number of amides is 1. The van der Waals surface area contributed by atoms with Gasteiger partial charge in [-0.1, -0.05) is 12.8 Å². The van der Waals surface area contributed by atoms with Crippen molar-refractivity contribution in [2.75, 3.05) is 13.1 Å². The average Bonchev–Trinajstić information content (AvgIpc) is 3.10. The second-order valence-electron chi connectivity index (χ2n) is 7.52. The topological polar surface area (TPSA) is 69.6 Å². The van der Waals surface area contributed by atoms with Gasteiger partial charge in [0.15, 0.2) is 0 Å². The maximum absolute atomic E-state index is 12.3. The van der Waals surface area contributed by atoms with Crippen molar-refractivity contribution in [2.45, 2.75) is 64.0 Å². The highest BCUT2D eigenvalue weighted by molar-refractivity contribution is 5.80. The van der Waals surface area contributed by atoms with E-state index in [2.05, 4.69) is 12.2 Å². The highest BCUT2D eigenvalue weighted by Crippen LogP contribution is 2.49. The number of aliphatic carboxylic acids is 1. The molecule has 22 heavy (non-hydrogen) atoms. The summed E-state index contributed by atoms with van der Waals surface area (Å²) in [5, 5.41) is 12.4. The summed E-state index contributed by atoms with van der Waals surface area (Å²) in [4.78, 5) is 25.4. The fraction of sp³-hybridized carbons (Fsp3) is 0.882. The SMILES string of the molecule is CC(NC(=O)CN1CCCCC1C(=O)O)C1CC2CCC1C2. The molecular weight excluding hydrogens is 280 g/mol. The Labute approximate surface area is 132 Å². The normalized spacial score (nSPS) is 36.2. The Morgan fingerprint density at radius 1 is 1.23 bits per heavy atom. The maximum Gasteiger partial charge on any atom is 0.320 e. The number of rotatable bonds is 5. The van der Waals surface area contributed by atoms with Gasteiger partial charge in [-0.3, -0.25) is 14.5 Å². The number of carboxylic acids is 1. The van der Waals surface area contributed by atoms with Gasteiger partial charge in [-0.2, -0.15) is 0 Å². The lowest BCUT2D eigenvalue weighted by molar-refractivity contribution is -0.145. The molecule has 5 nitrogen and oxygen atoms in total. The second kappa shape index (κ2) is 6.57. The lowest BCUT2D eigenvalue weighted by atomic mass is 9.84. The highest BCUT2D eigenvalue weighted by atomic mass is 16.4. The lowest BCUT2D eigenvalue weighted by Gasteiger charge is -2.33. The van der Waals surface area contributed by atoms with E-state index in [9.17, 15) is 14.7 Å². The van der Waals surface area contributed by atoms with Crippen molar-refractivity contribution in [3.63, 3.8) is 0 Å². The summed E-state index contributed by atoms with van der Waals surface area (Å²) in [5.74, 6) is 1.49. The van der Waals surface area contributed by atoms with E-state index in [1.165, 1.54) is 25.7 Å². The molecule has 0 aromatic heterocycles. The standard InChI is InChI=1S/C17H28N2O3/c1-11(14-9-12-5-6-13(14)8-12)18-16(20)10-19-7-3-2-4-15(19)17(21)22/h11-15H,2-10H2,1H3,(H,18,20)(H,21,22). The smallest absolute Gasteiger partial charge is 0.320 e. The van der Waals surface area contributed by atoms with Crippen molar-refractivity contribution in [1.29, 1.82) is 0 Å². The van der Waals surface area contributed by atoms with E-state index in [4.69, 9.17) is 0 Å². The van der Waals surface area contributed by atoms with E-state index in [1.807, 2.05) is 4.90 Å². The third-order valence-electron chi connectivity index (χ3n) is 6.07.